The van der Waals surface area contributed by atoms with E-state index < -0.39 is 4.92 Å². The van der Waals surface area contributed by atoms with E-state index in [2.05, 4.69) is 11.4 Å². The summed E-state index contributed by atoms with van der Waals surface area (Å²) in [5.41, 5.74) is 0.908. The minimum Gasteiger partial charge on any atom is -0.316 e. The molecule has 0 atom stereocenters. The van der Waals surface area contributed by atoms with Crippen molar-refractivity contribution in [1.29, 1.82) is 0 Å². The Bertz CT molecular complexity index is 286. The minimum absolute atomic E-state index is 0.0164. The second-order valence-electron chi connectivity index (χ2n) is 2.37. The molecule has 0 aliphatic carbocycles. The molecule has 12 heavy (non-hydrogen) atoms. The molecule has 1 radical (unpaired) electrons. The highest BCUT2D eigenvalue weighted by molar-refractivity contribution is 5.32. The van der Waals surface area contributed by atoms with Gasteiger partial charge in [0.05, 0.1) is 11.0 Å². The first-order valence-electron chi connectivity index (χ1n) is 3.53. The highest BCUT2D eigenvalue weighted by Gasteiger charge is 2.04. The van der Waals surface area contributed by atoms with Gasteiger partial charge in [0.2, 0.25) is 0 Å². The summed E-state index contributed by atoms with van der Waals surface area (Å²) in [6.07, 6.45) is 0. The van der Waals surface area contributed by atoms with E-state index in [9.17, 15) is 10.1 Å². The zero-order valence-corrected chi connectivity index (χ0v) is 6.70. The summed E-state index contributed by atoms with van der Waals surface area (Å²) in [5.74, 6) is 0. The van der Waals surface area contributed by atoms with E-state index in [0.717, 1.165) is 5.56 Å². The van der Waals surface area contributed by atoms with Gasteiger partial charge in [-0.05, 0) is 18.7 Å². The number of benzene rings is 1. The van der Waals surface area contributed by atoms with Crippen LogP contribution in [-0.4, -0.2) is 12.0 Å². The molecule has 0 aliphatic heterocycles. The van der Waals surface area contributed by atoms with Gasteiger partial charge in [0.1, 0.15) is 0 Å². The molecule has 0 heterocycles. The van der Waals surface area contributed by atoms with Crippen molar-refractivity contribution in [1.82, 2.24) is 5.32 Å². The van der Waals surface area contributed by atoms with Gasteiger partial charge < -0.3 is 5.32 Å². The van der Waals surface area contributed by atoms with Crippen LogP contribution in [0.5, 0.6) is 0 Å². The maximum atomic E-state index is 10.3. The Hall–Kier alpha value is -1.42. The number of nitro benzene ring substituents is 1. The molecule has 0 aromatic heterocycles. The van der Waals surface area contributed by atoms with Gasteiger partial charge in [-0.1, -0.05) is 6.07 Å². The van der Waals surface area contributed by atoms with Crippen LogP contribution in [0.3, 0.4) is 0 Å². The normalized spacial score (nSPS) is 9.75. The quantitative estimate of drug-likeness (QED) is 0.539. The highest BCUT2D eigenvalue weighted by atomic mass is 16.6. The monoisotopic (exact) mass is 165 g/mol. The van der Waals surface area contributed by atoms with Crippen LogP contribution in [0.2, 0.25) is 0 Å². The molecule has 0 saturated carbocycles. The van der Waals surface area contributed by atoms with Crippen LogP contribution in [0, 0.1) is 16.2 Å². The molecule has 4 heteroatoms. The summed E-state index contributed by atoms with van der Waals surface area (Å²) < 4.78 is 0. The number of non-ortho nitro benzene ring substituents is 1. The Morgan fingerprint density at radius 1 is 1.75 bits per heavy atom. The zero-order valence-electron chi connectivity index (χ0n) is 6.70. The molecule has 1 aromatic rings. The van der Waals surface area contributed by atoms with Crippen LogP contribution >= 0.6 is 0 Å². The molecule has 0 bridgehead atoms. The fourth-order valence-electron chi connectivity index (χ4n) is 0.919. The Balaban J connectivity index is 2.88. The Kier molecular flexibility index (Phi) is 2.76. The Morgan fingerprint density at radius 2 is 2.50 bits per heavy atom. The predicted molar refractivity (Wildman–Crippen MR) is 44.7 cm³/mol. The first-order valence-corrected chi connectivity index (χ1v) is 3.53. The van der Waals surface area contributed by atoms with Crippen molar-refractivity contribution in [2.24, 2.45) is 0 Å². The van der Waals surface area contributed by atoms with Gasteiger partial charge in [-0.25, -0.2) is 0 Å². The molecule has 63 valence electrons. The second kappa shape index (κ2) is 3.82. The molecule has 1 aromatic carbocycles. The number of hydrogen-bond acceptors (Lipinski definition) is 3. The van der Waals surface area contributed by atoms with Crippen LogP contribution in [0.15, 0.2) is 18.2 Å². The van der Waals surface area contributed by atoms with Crippen molar-refractivity contribution in [3.8, 4) is 0 Å². The fraction of sp³-hybridized carbons (Fsp3) is 0.250. The van der Waals surface area contributed by atoms with Crippen molar-refractivity contribution in [2.75, 3.05) is 7.05 Å². The molecule has 4 nitrogen and oxygen atoms in total. The van der Waals surface area contributed by atoms with E-state index in [1.54, 1.807) is 19.2 Å². The molecule has 0 saturated heterocycles. The van der Waals surface area contributed by atoms with Gasteiger partial charge >= 0.3 is 0 Å². The third kappa shape index (κ3) is 2.03. The lowest BCUT2D eigenvalue weighted by Crippen LogP contribution is -2.05. The van der Waals surface area contributed by atoms with Crippen LogP contribution in [0.25, 0.3) is 0 Å². The highest BCUT2D eigenvalue weighted by Crippen LogP contribution is 2.11. The maximum Gasteiger partial charge on any atom is 0.277 e. The van der Waals surface area contributed by atoms with Gasteiger partial charge in [-0.3, -0.25) is 10.1 Å². The SMILES string of the molecule is CNCc1cc[c]c([N+](=O)[O-])c1. The van der Waals surface area contributed by atoms with E-state index in [1.807, 2.05) is 0 Å². The van der Waals surface area contributed by atoms with Crippen molar-refractivity contribution in [3.05, 3.63) is 39.9 Å². The first-order chi connectivity index (χ1) is 5.74. The maximum absolute atomic E-state index is 10.3. The smallest absolute Gasteiger partial charge is 0.277 e. The number of nitro groups is 1. The predicted octanol–water partition coefficient (Wildman–Crippen LogP) is 1.11. The van der Waals surface area contributed by atoms with Gasteiger partial charge in [-0.2, -0.15) is 0 Å². The number of nitrogens with one attached hydrogen (secondary N) is 1. The summed E-state index contributed by atoms with van der Waals surface area (Å²) in [4.78, 5) is 9.87. The lowest BCUT2D eigenvalue weighted by molar-refractivity contribution is -0.385. The minimum atomic E-state index is -0.445. The topological polar surface area (TPSA) is 55.2 Å². The standard InChI is InChI=1S/C8H9N2O2/c1-9-6-7-3-2-4-8(5-7)10(11)12/h2-3,5,9H,6H2,1H3. The van der Waals surface area contributed by atoms with Gasteiger partial charge in [-0.15, -0.1) is 0 Å². The summed E-state index contributed by atoms with van der Waals surface area (Å²) in [7, 11) is 1.79. The lowest BCUT2D eigenvalue weighted by Gasteiger charge is -1.97. The summed E-state index contributed by atoms with van der Waals surface area (Å²) in [6.45, 7) is 0.634. The van der Waals surface area contributed by atoms with Crippen molar-refractivity contribution < 1.29 is 4.92 Å². The van der Waals surface area contributed by atoms with E-state index in [4.69, 9.17) is 0 Å². The molecular formula is C8H9N2O2. The van der Waals surface area contributed by atoms with E-state index in [0.29, 0.717) is 6.54 Å². The van der Waals surface area contributed by atoms with Crippen LogP contribution in [-0.2, 0) is 6.54 Å². The van der Waals surface area contributed by atoms with Gasteiger partial charge in [0.25, 0.3) is 5.69 Å². The van der Waals surface area contributed by atoms with E-state index in [-0.39, 0.29) is 5.69 Å². The van der Waals surface area contributed by atoms with E-state index in [1.165, 1.54) is 6.07 Å². The third-order valence-electron chi connectivity index (χ3n) is 1.43. The average molecular weight is 165 g/mol. The molecule has 0 spiro atoms. The summed E-state index contributed by atoms with van der Waals surface area (Å²) >= 11 is 0. The van der Waals surface area contributed by atoms with E-state index >= 15 is 0 Å². The molecule has 0 unspecified atom stereocenters. The molecule has 1 N–H and O–H groups in total. The van der Waals surface area contributed by atoms with Crippen LogP contribution in [0.1, 0.15) is 5.56 Å². The van der Waals surface area contributed by atoms with Crippen molar-refractivity contribution in [3.63, 3.8) is 0 Å². The van der Waals surface area contributed by atoms with Crippen molar-refractivity contribution in [2.45, 2.75) is 6.54 Å². The molecule has 0 fully saturated rings. The Morgan fingerprint density at radius 3 is 3.08 bits per heavy atom. The zero-order chi connectivity index (χ0) is 8.97. The average Bonchev–Trinajstić information content (AvgIpc) is 2.05. The van der Waals surface area contributed by atoms with Gasteiger partial charge in [0, 0.05) is 12.6 Å². The first kappa shape index (κ1) is 8.67. The third-order valence-corrected chi connectivity index (χ3v) is 1.43. The molecule has 1 rings (SSSR count). The summed E-state index contributed by atoms with van der Waals surface area (Å²) in [6, 6.07) is 7.41. The second-order valence-corrected chi connectivity index (χ2v) is 2.37. The van der Waals surface area contributed by atoms with Gasteiger partial charge in [0.15, 0.2) is 0 Å². The molecular weight excluding hydrogens is 156 g/mol. The van der Waals surface area contributed by atoms with Crippen LogP contribution in [0.4, 0.5) is 5.69 Å². The van der Waals surface area contributed by atoms with Crippen molar-refractivity contribution >= 4 is 5.69 Å². The summed E-state index contributed by atoms with van der Waals surface area (Å²) in [5, 5.41) is 13.2. The number of nitrogens with zero attached hydrogens (tertiary/aromatic N) is 1. The largest absolute Gasteiger partial charge is 0.316 e. The fourth-order valence-corrected chi connectivity index (χ4v) is 0.919. The Labute approximate surface area is 70.4 Å². The van der Waals surface area contributed by atoms with Crippen LogP contribution < -0.4 is 5.32 Å². The molecule has 0 amide bonds. The number of rotatable bonds is 3. The molecule has 0 aliphatic rings. The number of hydrogen-bond donors (Lipinski definition) is 1. The lowest BCUT2D eigenvalue weighted by atomic mass is 10.2.